The molecule has 0 aliphatic carbocycles. The van der Waals surface area contributed by atoms with Crippen LogP contribution < -0.4 is 4.90 Å². The lowest BCUT2D eigenvalue weighted by atomic mass is 10.00. The highest BCUT2D eigenvalue weighted by molar-refractivity contribution is 5.55. The Morgan fingerprint density at radius 1 is 1.14 bits per heavy atom. The molecule has 2 fully saturated rings. The van der Waals surface area contributed by atoms with E-state index in [-0.39, 0.29) is 12.1 Å². The third-order valence-corrected chi connectivity index (χ3v) is 6.27. The Kier molecular flexibility index (Phi) is 6.15. The van der Waals surface area contributed by atoms with Crippen LogP contribution in [0.3, 0.4) is 0 Å². The normalized spacial score (nSPS) is 21.8. The average molecular weight is 399 g/mol. The van der Waals surface area contributed by atoms with Gasteiger partial charge in [0.25, 0.3) is 0 Å². The number of ether oxygens (including phenoxy) is 1. The number of piperazine rings is 1. The molecule has 158 valence electrons. The van der Waals surface area contributed by atoms with Crippen molar-refractivity contribution in [3.05, 3.63) is 35.2 Å². The van der Waals surface area contributed by atoms with Crippen molar-refractivity contribution in [1.82, 2.24) is 25.1 Å². The molecule has 0 spiro atoms. The Balaban J connectivity index is 1.47. The van der Waals surface area contributed by atoms with Gasteiger partial charge in [0.15, 0.2) is 5.82 Å². The van der Waals surface area contributed by atoms with E-state index in [1.54, 1.807) is 0 Å². The number of benzene rings is 1. The van der Waals surface area contributed by atoms with E-state index >= 15 is 0 Å². The van der Waals surface area contributed by atoms with Crippen molar-refractivity contribution in [1.29, 1.82) is 0 Å². The molecule has 2 aliphatic rings. The zero-order chi connectivity index (χ0) is 20.4. The van der Waals surface area contributed by atoms with Crippen molar-refractivity contribution >= 4 is 5.69 Å². The summed E-state index contributed by atoms with van der Waals surface area (Å²) in [6.45, 7) is 14.6. The van der Waals surface area contributed by atoms with Crippen molar-refractivity contribution in [3.8, 4) is 0 Å². The number of aromatic nitrogens is 4. The molecular formula is C22H34N6O. The van der Waals surface area contributed by atoms with E-state index < -0.39 is 0 Å². The third-order valence-electron chi connectivity index (χ3n) is 6.27. The number of nitrogens with zero attached hydrogens (tertiary/aromatic N) is 6. The molecule has 0 saturated carbocycles. The van der Waals surface area contributed by atoms with Gasteiger partial charge in [-0.2, -0.15) is 0 Å². The summed E-state index contributed by atoms with van der Waals surface area (Å²) in [6.07, 6.45) is 2.47. The molecule has 2 aromatic rings. The van der Waals surface area contributed by atoms with Crippen molar-refractivity contribution in [2.24, 2.45) is 5.92 Å². The summed E-state index contributed by atoms with van der Waals surface area (Å²) in [6, 6.07) is 6.96. The molecule has 0 bridgehead atoms. The monoisotopic (exact) mass is 398 g/mol. The van der Waals surface area contributed by atoms with E-state index in [0.717, 1.165) is 58.0 Å². The number of anilines is 1. The SMILES string of the molecule is Cc1ccc(C)c(N2CCN(C(c3nnnn3CC3CCCO3)C(C)C)CC2)c1. The molecular weight excluding hydrogens is 364 g/mol. The minimum atomic E-state index is 0.229. The van der Waals surface area contributed by atoms with Gasteiger partial charge in [0.2, 0.25) is 0 Å². The van der Waals surface area contributed by atoms with Crippen molar-refractivity contribution < 1.29 is 4.74 Å². The maximum absolute atomic E-state index is 5.81. The summed E-state index contributed by atoms with van der Waals surface area (Å²) < 4.78 is 7.80. The fourth-order valence-corrected chi connectivity index (χ4v) is 4.72. The van der Waals surface area contributed by atoms with Gasteiger partial charge in [-0.15, -0.1) is 5.10 Å². The molecule has 2 atom stereocenters. The van der Waals surface area contributed by atoms with Gasteiger partial charge in [-0.25, -0.2) is 4.68 Å². The molecule has 3 heterocycles. The molecule has 1 aromatic heterocycles. The zero-order valence-electron chi connectivity index (χ0n) is 18.2. The van der Waals surface area contributed by atoms with Gasteiger partial charge in [0, 0.05) is 38.5 Å². The van der Waals surface area contributed by atoms with Crippen LogP contribution in [0.5, 0.6) is 0 Å². The average Bonchev–Trinajstić information content (AvgIpc) is 3.37. The Morgan fingerprint density at radius 3 is 2.62 bits per heavy atom. The molecule has 2 unspecified atom stereocenters. The Labute approximate surface area is 174 Å². The van der Waals surface area contributed by atoms with Gasteiger partial charge >= 0.3 is 0 Å². The molecule has 7 heteroatoms. The topological polar surface area (TPSA) is 59.3 Å². The van der Waals surface area contributed by atoms with E-state index in [0.29, 0.717) is 5.92 Å². The summed E-state index contributed by atoms with van der Waals surface area (Å²) in [5.74, 6) is 1.42. The number of aryl methyl sites for hydroxylation is 2. The lowest BCUT2D eigenvalue weighted by Gasteiger charge is -2.41. The second-order valence-electron chi connectivity index (χ2n) is 8.86. The number of hydrogen-bond donors (Lipinski definition) is 0. The van der Waals surface area contributed by atoms with Gasteiger partial charge in [0.05, 0.1) is 18.7 Å². The van der Waals surface area contributed by atoms with Crippen molar-refractivity contribution in [3.63, 3.8) is 0 Å². The minimum absolute atomic E-state index is 0.229. The van der Waals surface area contributed by atoms with Crippen LogP contribution in [0.2, 0.25) is 0 Å². The molecule has 0 amide bonds. The lowest BCUT2D eigenvalue weighted by molar-refractivity contribution is 0.0865. The summed E-state index contributed by atoms with van der Waals surface area (Å²) in [5.41, 5.74) is 4.04. The molecule has 0 N–H and O–H groups in total. The predicted molar refractivity (Wildman–Crippen MR) is 114 cm³/mol. The Hall–Kier alpha value is -1.99. The van der Waals surface area contributed by atoms with Crippen LogP contribution in [0, 0.1) is 19.8 Å². The molecule has 29 heavy (non-hydrogen) atoms. The van der Waals surface area contributed by atoms with Gasteiger partial charge in [-0.3, -0.25) is 4.90 Å². The minimum Gasteiger partial charge on any atom is -0.376 e. The fourth-order valence-electron chi connectivity index (χ4n) is 4.72. The van der Waals surface area contributed by atoms with Crippen LogP contribution in [0.4, 0.5) is 5.69 Å². The van der Waals surface area contributed by atoms with Crippen LogP contribution in [0.25, 0.3) is 0 Å². The molecule has 0 radical (unpaired) electrons. The summed E-state index contributed by atoms with van der Waals surface area (Å²) in [7, 11) is 0. The lowest BCUT2D eigenvalue weighted by Crippen LogP contribution is -2.49. The van der Waals surface area contributed by atoms with Gasteiger partial charge in [-0.1, -0.05) is 26.0 Å². The predicted octanol–water partition coefficient (Wildman–Crippen LogP) is 2.99. The highest BCUT2D eigenvalue weighted by Gasteiger charge is 2.32. The zero-order valence-corrected chi connectivity index (χ0v) is 18.2. The quantitative estimate of drug-likeness (QED) is 0.746. The summed E-state index contributed by atoms with van der Waals surface area (Å²) >= 11 is 0. The number of tetrazole rings is 1. The standard InChI is InChI=1S/C22H34N6O/c1-16(2)21(22-23-24-25-28(22)15-19-6-5-13-29-19)27-11-9-26(10-12-27)20-14-17(3)7-8-18(20)4/h7-8,14,16,19,21H,5-6,9-13,15H2,1-4H3. The van der Waals surface area contributed by atoms with Gasteiger partial charge < -0.3 is 9.64 Å². The Morgan fingerprint density at radius 2 is 1.93 bits per heavy atom. The van der Waals surface area contributed by atoms with Crippen LogP contribution in [0.1, 0.15) is 49.7 Å². The highest BCUT2D eigenvalue weighted by atomic mass is 16.5. The Bertz CT molecular complexity index is 805. The van der Waals surface area contributed by atoms with Gasteiger partial charge in [-0.05, 0) is 60.2 Å². The first-order valence-electron chi connectivity index (χ1n) is 11.0. The first-order chi connectivity index (χ1) is 14.0. The van der Waals surface area contributed by atoms with E-state index in [4.69, 9.17) is 4.74 Å². The molecule has 7 nitrogen and oxygen atoms in total. The number of hydrogen-bond acceptors (Lipinski definition) is 6. The molecule has 2 aliphatic heterocycles. The second kappa shape index (κ2) is 8.79. The van der Waals surface area contributed by atoms with Crippen LogP contribution in [-0.4, -0.2) is 64.0 Å². The van der Waals surface area contributed by atoms with Crippen LogP contribution in [-0.2, 0) is 11.3 Å². The van der Waals surface area contributed by atoms with E-state index in [1.165, 1.54) is 16.8 Å². The van der Waals surface area contributed by atoms with E-state index in [2.05, 4.69) is 71.2 Å². The summed E-state index contributed by atoms with van der Waals surface area (Å²) in [5, 5.41) is 12.8. The molecule has 4 rings (SSSR count). The van der Waals surface area contributed by atoms with Crippen molar-refractivity contribution in [2.75, 3.05) is 37.7 Å². The van der Waals surface area contributed by atoms with E-state index in [9.17, 15) is 0 Å². The van der Waals surface area contributed by atoms with E-state index in [1.807, 2.05) is 4.68 Å². The first kappa shape index (κ1) is 20.3. The van der Waals surface area contributed by atoms with Crippen LogP contribution in [0.15, 0.2) is 18.2 Å². The molecule has 1 aromatic carbocycles. The first-order valence-corrected chi connectivity index (χ1v) is 11.0. The van der Waals surface area contributed by atoms with Crippen molar-refractivity contribution in [2.45, 2.75) is 59.2 Å². The summed E-state index contributed by atoms with van der Waals surface area (Å²) in [4.78, 5) is 5.08. The second-order valence-corrected chi connectivity index (χ2v) is 8.86. The largest absolute Gasteiger partial charge is 0.376 e. The number of rotatable bonds is 6. The van der Waals surface area contributed by atoms with Gasteiger partial charge in [0.1, 0.15) is 0 Å². The smallest absolute Gasteiger partial charge is 0.168 e. The third kappa shape index (κ3) is 4.46. The maximum Gasteiger partial charge on any atom is 0.168 e. The maximum atomic E-state index is 5.81. The molecule has 2 saturated heterocycles. The van der Waals surface area contributed by atoms with Crippen LogP contribution >= 0.6 is 0 Å². The highest BCUT2D eigenvalue weighted by Crippen LogP contribution is 2.30. The fraction of sp³-hybridized carbons (Fsp3) is 0.682.